The number of nitrogens with zero attached hydrogens (tertiary/aromatic N) is 3. The number of piperidine rings is 1. The minimum atomic E-state index is -0.803. The number of carboxylic acids is 1. The first-order valence-corrected chi connectivity index (χ1v) is 9.11. The summed E-state index contributed by atoms with van der Waals surface area (Å²) in [7, 11) is 0. The molecule has 2 heterocycles. The largest absolute Gasteiger partial charge is 0.480 e. The molecule has 1 aromatic heterocycles. The molecular weight excluding hydrogens is 330 g/mol. The zero-order chi connectivity index (χ0) is 18.7. The highest BCUT2D eigenvalue weighted by molar-refractivity contribution is 6.05. The number of carbonyl (C=O) groups is 2. The van der Waals surface area contributed by atoms with Crippen molar-refractivity contribution in [1.29, 1.82) is 0 Å². The summed E-state index contributed by atoms with van der Waals surface area (Å²) in [5, 5.41) is 10.0. The molecule has 0 saturated carbocycles. The van der Waals surface area contributed by atoms with Crippen molar-refractivity contribution in [2.75, 3.05) is 26.2 Å². The molecule has 26 heavy (non-hydrogen) atoms. The highest BCUT2D eigenvalue weighted by Gasteiger charge is 2.28. The average Bonchev–Trinajstić information content (AvgIpc) is 2.65. The summed E-state index contributed by atoms with van der Waals surface area (Å²) in [6, 6.07) is 9.86. The maximum absolute atomic E-state index is 13.0. The van der Waals surface area contributed by atoms with E-state index in [0.29, 0.717) is 25.2 Å². The van der Waals surface area contributed by atoms with Crippen molar-refractivity contribution >= 4 is 22.8 Å². The monoisotopic (exact) mass is 355 g/mol. The first kappa shape index (κ1) is 18.3. The zero-order valence-corrected chi connectivity index (χ0v) is 15.3. The number of para-hydroxylation sites is 1. The SMILES string of the molecule is CCN(CC(=O)O)C1CCN(C(=O)c2cccc3ccc(C)nc23)CC1. The number of hydrogen-bond donors (Lipinski definition) is 1. The summed E-state index contributed by atoms with van der Waals surface area (Å²) in [6.07, 6.45) is 1.59. The van der Waals surface area contributed by atoms with Gasteiger partial charge in [0.15, 0.2) is 0 Å². The Bertz CT molecular complexity index is 813. The highest BCUT2D eigenvalue weighted by atomic mass is 16.4. The summed E-state index contributed by atoms with van der Waals surface area (Å²) in [5.74, 6) is -0.795. The first-order valence-electron chi connectivity index (χ1n) is 9.11. The number of hydrogen-bond acceptors (Lipinski definition) is 4. The molecule has 138 valence electrons. The topological polar surface area (TPSA) is 73.7 Å². The Kier molecular flexibility index (Phi) is 5.52. The molecule has 0 aliphatic carbocycles. The van der Waals surface area contributed by atoms with E-state index in [0.717, 1.165) is 29.4 Å². The van der Waals surface area contributed by atoms with E-state index in [2.05, 4.69) is 4.98 Å². The summed E-state index contributed by atoms with van der Waals surface area (Å²) in [5.41, 5.74) is 2.28. The maximum Gasteiger partial charge on any atom is 0.317 e. The summed E-state index contributed by atoms with van der Waals surface area (Å²) < 4.78 is 0. The number of carboxylic acid groups (broad SMARTS) is 1. The van der Waals surface area contributed by atoms with Gasteiger partial charge in [0.25, 0.3) is 5.91 Å². The van der Waals surface area contributed by atoms with Gasteiger partial charge in [-0.1, -0.05) is 25.1 Å². The van der Waals surface area contributed by atoms with Crippen LogP contribution in [0.4, 0.5) is 0 Å². The van der Waals surface area contributed by atoms with Crippen LogP contribution >= 0.6 is 0 Å². The smallest absolute Gasteiger partial charge is 0.317 e. The quantitative estimate of drug-likeness (QED) is 0.892. The molecule has 2 aromatic rings. The Balaban J connectivity index is 1.73. The molecule has 1 aliphatic rings. The second-order valence-corrected chi connectivity index (χ2v) is 6.81. The van der Waals surface area contributed by atoms with Crippen LogP contribution in [0.5, 0.6) is 0 Å². The molecule has 0 unspecified atom stereocenters. The Morgan fingerprint density at radius 2 is 1.96 bits per heavy atom. The van der Waals surface area contributed by atoms with Gasteiger partial charge in [0.2, 0.25) is 0 Å². The molecule has 0 radical (unpaired) electrons. The van der Waals surface area contributed by atoms with E-state index in [1.807, 2.05) is 54.0 Å². The number of carbonyl (C=O) groups excluding carboxylic acids is 1. The third-order valence-electron chi connectivity index (χ3n) is 5.10. The van der Waals surface area contributed by atoms with E-state index in [-0.39, 0.29) is 18.5 Å². The van der Waals surface area contributed by atoms with E-state index < -0.39 is 5.97 Å². The number of benzene rings is 1. The van der Waals surface area contributed by atoms with Crippen LogP contribution in [0, 0.1) is 6.92 Å². The molecule has 1 fully saturated rings. The Morgan fingerprint density at radius 1 is 1.23 bits per heavy atom. The van der Waals surface area contributed by atoms with Gasteiger partial charge in [-0.25, -0.2) is 0 Å². The summed E-state index contributed by atoms with van der Waals surface area (Å²) >= 11 is 0. The number of pyridine rings is 1. The van der Waals surface area contributed by atoms with Gasteiger partial charge in [0, 0.05) is 30.2 Å². The number of amides is 1. The zero-order valence-electron chi connectivity index (χ0n) is 15.3. The third-order valence-corrected chi connectivity index (χ3v) is 5.10. The van der Waals surface area contributed by atoms with Crippen molar-refractivity contribution in [3.05, 3.63) is 41.6 Å². The van der Waals surface area contributed by atoms with Crippen LogP contribution in [0.15, 0.2) is 30.3 Å². The van der Waals surface area contributed by atoms with Gasteiger partial charge in [-0.3, -0.25) is 19.5 Å². The lowest BCUT2D eigenvalue weighted by atomic mass is 10.0. The van der Waals surface area contributed by atoms with Crippen LogP contribution < -0.4 is 0 Å². The van der Waals surface area contributed by atoms with Gasteiger partial charge in [0.05, 0.1) is 17.6 Å². The number of aryl methyl sites for hydroxylation is 1. The lowest BCUT2D eigenvalue weighted by Gasteiger charge is -2.37. The van der Waals surface area contributed by atoms with Crippen molar-refractivity contribution in [3.8, 4) is 0 Å². The van der Waals surface area contributed by atoms with Crippen LogP contribution in [-0.4, -0.2) is 64.0 Å². The van der Waals surface area contributed by atoms with Gasteiger partial charge in [-0.2, -0.15) is 0 Å². The lowest BCUT2D eigenvalue weighted by molar-refractivity contribution is -0.139. The highest BCUT2D eigenvalue weighted by Crippen LogP contribution is 2.22. The number of aromatic nitrogens is 1. The lowest BCUT2D eigenvalue weighted by Crippen LogP contribution is -2.48. The van der Waals surface area contributed by atoms with Gasteiger partial charge in [-0.15, -0.1) is 0 Å². The number of likely N-dealkylation sites (tertiary alicyclic amines) is 1. The van der Waals surface area contributed by atoms with Crippen molar-refractivity contribution in [3.63, 3.8) is 0 Å². The minimum Gasteiger partial charge on any atom is -0.480 e. The fraction of sp³-hybridized carbons (Fsp3) is 0.450. The van der Waals surface area contributed by atoms with Crippen LogP contribution in [-0.2, 0) is 4.79 Å². The Labute approximate surface area is 153 Å². The van der Waals surface area contributed by atoms with Crippen LogP contribution in [0.25, 0.3) is 10.9 Å². The van der Waals surface area contributed by atoms with Gasteiger partial charge in [-0.05, 0) is 38.4 Å². The van der Waals surface area contributed by atoms with Crippen LogP contribution in [0.1, 0.15) is 35.8 Å². The van der Waals surface area contributed by atoms with Gasteiger partial charge >= 0.3 is 5.97 Å². The van der Waals surface area contributed by atoms with E-state index in [9.17, 15) is 9.59 Å². The molecule has 0 atom stereocenters. The standard InChI is InChI=1S/C20H25N3O3/c1-3-22(13-18(24)25)16-9-11-23(12-10-16)20(26)17-6-4-5-15-8-7-14(2)21-19(15)17/h4-8,16H,3,9-13H2,1-2H3,(H,24,25). The minimum absolute atomic E-state index is 0.00781. The number of aliphatic carboxylic acids is 1. The molecule has 1 saturated heterocycles. The van der Waals surface area contributed by atoms with Crippen LogP contribution in [0.2, 0.25) is 0 Å². The second kappa shape index (κ2) is 7.83. The van der Waals surface area contributed by atoms with Crippen molar-refractivity contribution in [2.45, 2.75) is 32.7 Å². The van der Waals surface area contributed by atoms with Crippen molar-refractivity contribution in [2.24, 2.45) is 0 Å². The fourth-order valence-electron chi connectivity index (χ4n) is 3.69. The summed E-state index contributed by atoms with van der Waals surface area (Å²) in [6.45, 7) is 5.95. The number of rotatable bonds is 5. The van der Waals surface area contributed by atoms with Crippen molar-refractivity contribution in [1.82, 2.24) is 14.8 Å². The van der Waals surface area contributed by atoms with Crippen LogP contribution in [0.3, 0.4) is 0 Å². The molecule has 6 heteroatoms. The molecule has 6 nitrogen and oxygen atoms in total. The Morgan fingerprint density at radius 3 is 2.62 bits per heavy atom. The molecular formula is C20H25N3O3. The first-order chi connectivity index (χ1) is 12.5. The molecule has 0 spiro atoms. The second-order valence-electron chi connectivity index (χ2n) is 6.81. The summed E-state index contributed by atoms with van der Waals surface area (Å²) in [4.78, 5) is 32.4. The molecule has 1 amide bonds. The predicted octanol–water partition coefficient (Wildman–Crippen LogP) is 2.55. The fourth-order valence-corrected chi connectivity index (χ4v) is 3.69. The molecule has 3 rings (SSSR count). The normalized spacial score (nSPS) is 15.6. The van der Waals surface area contributed by atoms with E-state index in [4.69, 9.17) is 5.11 Å². The van der Waals surface area contributed by atoms with E-state index in [1.54, 1.807) is 0 Å². The maximum atomic E-state index is 13.0. The number of fused-ring (bicyclic) bond motifs is 1. The predicted molar refractivity (Wildman–Crippen MR) is 100 cm³/mol. The Hall–Kier alpha value is -2.47. The molecule has 1 aromatic carbocycles. The third kappa shape index (κ3) is 3.85. The number of likely N-dealkylation sites (N-methyl/N-ethyl adjacent to an activating group) is 1. The molecule has 0 bridgehead atoms. The molecule has 1 N–H and O–H groups in total. The van der Waals surface area contributed by atoms with E-state index >= 15 is 0 Å². The van der Waals surface area contributed by atoms with Gasteiger partial charge in [0.1, 0.15) is 0 Å². The van der Waals surface area contributed by atoms with E-state index in [1.165, 1.54) is 0 Å². The average molecular weight is 355 g/mol. The van der Waals surface area contributed by atoms with Gasteiger partial charge < -0.3 is 10.0 Å². The molecule has 1 aliphatic heterocycles. The van der Waals surface area contributed by atoms with Crippen molar-refractivity contribution < 1.29 is 14.7 Å².